The van der Waals surface area contributed by atoms with E-state index in [4.69, 9.17) is 19.8 Å². The van der Waals surface area contributed by atoms with Gasteiger partial charge >= 0.3 is 0 Å². The van der Waals surface area contributed by atoms with Crippen LogP contribution in [0.2, 0.25) is 0 Å². The largest absolute Gasteiger partial charge is 0.394 e. The predicted octanol–water partition coefficient (Wildman–Crippen LogP) is -1.73. The fraction of sp³-hybridized carbons (Fsp3) is 0.727. The van der Waals surface area contributed by atoms with Gasteiger partial charge in [0.15, 0.2) is 12.4 Å². The first-order chi connectivity index (χ1) is 8.42. The Morgan fingerprint density at radius 3 is 2.44 bits per heavy atom. The molecular formula is C11H17NO6. The third kappa shape index (κ3) is 3.05. The third-order valence-corrected chi connectivity index (χ3v) is 2.68. The van der Waals surface area contributed by atoms with E-state index in [1.54, 1.807) is 6.92 Å². The molecule has 1 aliphatic heterocycles. The number of hydrogen-bond donors (Lipinski definition) is 4. The lowest BCUT2D eigenvalue weighted by molar-refractivity contribution is -0.304. The molecule has 0 saturated carbocycles. The van der Waals surface area contributed by atoms with Crippen molar-refractivity contribution in [3.05, 3.63) is 12.2 Å². The highest BCUT2D eigenvalue weighted by atomic mass is 16.7. The molecule has 1 saturated heterocycles. The molecule has 0 aromatic carbocycles. The summed E-state index contributed by atoms with van der Waals surface area (Å²) < 4.78 is 10.2. The SMILES string of the molecule is C=C(C)[C@H](C#N)O[C@@H]1O[C@H](CO)[C@@H](O)[C@H](O)[C@H]1O. The number of aliphatic hydroxyl groups is 4. The lowest BCUT2D eigenvalue weighted by Gasteiger charge is -2.40. The normalized spacial score (nSPS) is 37.9. The Kier molecular flexibility index (Phi) is 5.22. The van der Waals surface area contributed by atoms with Gasteiger partial charge in [0.2, 0.25) is 0 Å². The molecule has 7 heteroatoms. The second-order valence-electron chi connectivity index (χ2n) is 4.19. The quantitative estimate of drug-likeness (QED) is 0.442. The summed E-state index contributed by atoms with van der Waals surface area (Å²) in [6.07, 6.45) is -7.87. The molecule has 6 atom stereocenters. The Balaban J connectivity index is 2.76. The van der Waals surface area contributed by atoms with E-state index in [9.17, 15) is 15.3 Å². The fourth-order valence-electron chi connectivity index (χ4n) is 1.57. The molecule has 0 amide bonds. The molecule has 1 heterocycles. The number of aliphatic hydroxyl groups excluding tert-OH is 4. The average molecular weight is 259 g/mol. The summed E-state index contributed by atoms with van der Waals surface area (Å²) in [5, 5.41) is 46.5. The van der Waals surface area contributed by atoms with E-state index in [0.717, 1.165) is 0 Å². The zero-order valence-corrected chi connectivity index (χ0v) is 9.93. The Bertz CT molecular complexity index is 339. The van der Waals surface area contributed by atoms with Crippen molar-refractivity contribution in [2.24, 2.45) is 0 Å². The van der Waals surface area contributed by atoms with Gasteiger partial charge in [-0.05, 0) is 12.5 Å². The molecule has 0 bridgehead atoms. The van der Waals surface area contributed by atoms with Gasteiger partial charge in [0, 0.05) is 0 Å². The zero-order valence-electron chi connectivity index (χ0n) is 9.93. The molecule has 0 aromatic rings. The van der Waals surface area contributed by atoms with Crippen molar-refractivity contribution in [1.82, 2.24) is 0 Å². The smallest absolute Gasteiger partial charge is 0.188 e. The molecule has 0 spiro atoms. The Morgan fingerprint density at radius 2 is 2.00 bits per heavy atom. The second-order valence-corrected chi connectivity index (χ2v) is 4.19. The molecule has 1 fully saturated rings. The second kappa shape index (κ2) is 6.24. The molecule has 0 aromatic heterocycles. The van der Waals surface area contributed by atoms with Gasteiger partial charge in [-0.15, -0.1) is 0 Å². The Hall–Kier alpha value is -1.01. The number of rotatable bonds is 4. The lowest BCUT2D eigenvalue weighted by Crippen LogP contribution is -2.59. The molecule has 0 unspecified atom stereocenters. The summed E-state index contributed by atoms with van der Waals surface area (Å²) >= 11 is 0. The van der Waals surface area contributed by atoms with Crippen LogP contribution in [-0.2, 0) is 9.47 Å². The number of nitriles is 1. The van der Waals surface area contributed by atoms with Crippen LogP contribution in [-0.4, -0.2) is 63.8 Å². The van der Waals surface area contributed by atoms with Gasteiger partial charge in [-0.2, -0.15) is 5.26 Å². The van der Waals surface area contributed by atoms with Crippen LogP contribution in [0, 0.1) is 11.3 Å². The predicted molar refractivity (Wildman–Crippen MR) is 59.1 cm³/mol. The summed E-state index contributed by atoms with van der Waals surface area (Å²) in [6, 6.07) is 1.81. The first-order valence-electron chi connectivity index (χ1n) is 5.43. The van der Waals surface area contributed by atoms with Crippen LogP contribution in [0.4, 0.5) is 0 Å². The Morgan fingerprint density at radius 1 is 1.39 bits per heavy atom. The van der Waals surface area contributed by atoms with Crippen LogP contribution in [0.15, 0.2) is 12.2 Å². The van der Waals surface area contributed by atoms with Gasteiger partial charge in [0.25, 0.3) is 0 Å². The van der Waals surface area contributed by atoms with Crippen LogP contribution in [0.3, 0.4) is 0 Å². The van der Waals surface area contributed by atoms with Gasteiger partial charge in [-0.25, -0.2) is 0 Å². The molecule has 1 rings (SSSR count). The molecule has 4 N–H and O–H groups in total. The molecule has 102 valence electrons. The molecule has 0 radical (unpaired) electrons. The molecule has 7 nitrogen and oxygen atoms in total. The van der Waals surface area contributed by atoms with Crippen LogP contribution < -0.4 is 0 Å². The van der Waals surface area contributed by atoms with E-state index in [0.29, 0.717) is 5.57 Å². The summed E-state index contributed by atoms with van der Waals surface area (Å²) in [6.45, 7) is 4.56. The minimum Gasteiger partial charge on any atom is -0.394 e. The van der Waals surface area contributed by atoms with E-state index < -0.39 is 43.4 Å². The summed E-state index contributed by atoms with van der Waals surface area (Å²) in [5.41, 5.74) is 0.412. The molecular weight excluding hydrogens is 242 g/mol. The maximum atomic E-state index is 9.67. The standard InChI is InChI=1S/C11H17NO6/c1-5(2)6(3-12)17-11-10(16)9(15)8(14)7(4-13)18-11/h6-11,13-16H,1,4H2,2H3/t6-,7+,8+,9-,10+,11+/m0/s1. The van der Waals surface area contributed by atoms with Crippen LogP contribution in [0.5, 0.6) is 0 Å². The molecule has 18 heavy (non-hydrogen) atoms. The highest BCUT2D eigenvalue weighted by Crippen LogP contribution is 2.23. The first-order valence-corrected chi connectivity index (χ1v) is 5.43. The van der Waals surface area contributed by atoms with Crippen LogP contribution >= 0.6 is 0 Å². The Labute approximate surface area is 104 Å². The zero-order chi connectivity index (χ0) is 13.9. The van der Waals surface area contributed by atoms with E-state index in [1.165, 1.54) is 0 Å². The average Bonchev–Trinajstić information content (AvgIpc) is 2.35. The summed E-state index contributed by atoms with van der Waals surface area (Å²) in [7, 11) is 0. The minimum atomic E-state index is -1.52. The number of hydrogen-bond acceptors (Lipinski definition) is 7. The van der Waals surface area contributed by atoms with Crippen molar-refractivity contribution in [3.8, 4) is 6.07 Å². The van der Waals surface area contributed by atoms with E-state index in [2.05, 4.69) is 6.58 Å². The topological polar surface area (TPSA) is 123 Å². The fourth-order valence-corrected chi connectivity index (χ4v) is 1.57. The van der Waals surface area contributed by atoms with Crippen LogP contribution in [0.1, 0.15) is 6.92 Å². The van der Waals surface area contributed by atoms with Crippen molar-refractivity contribution in [2.75, 3.05) is 6.61 Å². The van der Waals surface area contributed by atoms with Gasteiger partial charge < -0.3 is 29.9 Å². The van der Waals surface area contributed by atoms with Gasteiger partial charge in [-0.1, -0.05) is 6.58 Å². The van der Waals surface area contributed by atoms with Crippen molar-refractivity contribution < 1.29 is 29.9 Å². The molecule has 0 aliphatic carbocycles. The van der Waals surface area contributed by atoms with Crippen molar-refractivity contribution in [2.45, 2.75) is 43.7 Å². The van der Waals surface area contributed by atoms with Crippen molar-refractivity contribution >= 4 is 0 Å². The lowest BCUT2D eigenvalue weighted by atomic mass is 9.99. The maximum Gasteiger partial charge on any atom is 0.188 e. The van der Waals surface area contributed by atoms with Gasteiger partial charge in [0.05, 0.1) is 12.7 Å². The molecule has 1 aliphatic rings. The highest BCUT2D eigenvalue weighted by molar-refractivity contribution is 5.10. The monoisotopic (exact) mass is 259 g/mol. The summed E-state index contributed by atoms with van der Waals surface area (Å²) in [4.78, 5) is 0. The van der Waals surface area contributed by atoms with Crippen molar-refractivity contribution in [3.63, 3.8) is 0 Å². The first kappa shape index (κ1) is 15.0. The summed E-state index contributed by atoms with van der Waals surface area (Å²) in [5.74, 6) is 0. The van der Waals surface area contributed by atoms with Gasteiger partial charge in [0.1, 0.15) is 24.4 Å². The van der Waals surface area contributed by atoms with Gasteiger partial charge in [-0.3, -0.25) is 0 Å². The third-order valence-electron chi connectivity index (χ3n) is 2.68. The van der Waals surface area contributed by atoms with E-state index in [-0.39, 0.29) is 0 Å². The maximum absolute atomic E-state index is 9.67. The van der Waals surface area contributed by atoms with E-state index >= 15 is 0 Å². The number of ether oxygens (including phenoxy) is 2. The van der Waals surface area contributed by atoms with Crippen LogP contribution in [0.25, 0.3) is 0 Å². The highest BCUT2D eigenvalue weighted by Gasteiger charge is 2.44. The van der Waals surface area contributed by atoms with E-state index in [1.807, 2.05) is 6.07 Å². The van der Waals surface area contributed by atoms with Crippen molar-refractivity contribution in [1.29, 1.82) is 5.26 Å². The number of nitrogens with zero attached hydrogens (tertiary/aromatic N) is 1. The minimum absolute atomic E-state index is 0.412.